The van der Waals surface area contributed by atoms with Gasteiger partial charge in [0.25, 0.3) is 11.8 Å². The Labute approximate surface area is 180 Å². The highest BCUT2D eigenvalue weighted by atomic mass is 32.2. The summed E-state index contributed by atoms with van der Waals surface area (Å²) in [6.45, 7) is 1.21. The van der Waals surface area contributed by atoms with Crippen molar-refractivity contribution in [1.82, 2.24) is 15.2 Å². The van der Waals surface area contributed by atoms with Gasteiger partial charge in [0, 0.05) is 30.0 Å². The number of sulfonamides is 1. The lowest BCUT2D eigenvalue weighted by Crippen LogP contribution is -2.42. The lowest BCUT2D eigenvalue weighted by molar-refractivity contribution is 0.0730. The molecule has 0 spiro atoms. The molecule has 0 radical (unpaired) electrons. The maximum atomic E-state index is 12.8. The van der Waals surface area contributed by atoms with E-state index in [-0.39, 0.29) is 23.5 Å². The molecular formula is C20H23N3O5S2. The second kappa shape index (κ2) is 10.1. The van der Waals surface area contributed by atoms with Crippen molar-refractivity contribution in [1.29, 1.82) is 0 Å². The van der Waals surface area contributed by atoms with E-state index in [9.17, 15) is 18.0 Å². The number of hydrazine groups is 1. The number of ether oxygens (including phenoxy) is 1. The van der Waals surface area contributed by atoms with Crippen molar-refractivity contribution < 1.29 is 22.7 Å². The van der Waals surface area contributed by atoms with Crippen LogP contribution < -0.4 is 10.9 Å². The van der Waals surface area contributed by atoms with Gasteiger partial charge < -0.3 is 4.74 Å². The SMILES string of the molecule is CSCc1ccc(C(=O)NNC(=O)c2cccc(S(=O)(=O)N3CCOCC3)c2)cc1. The first-order chi connectivity index (χ1) is 14.4. The molecule has 30 heavy (non-hydrogen) atoms. The van der Waals surface area contributed by atoms with Crippen LogP contribution in [-0.2, 0) is 20.5 Å². The maximum absolute atomic E-state index is 12.8. The summed E-state index contributed by atoms with van der Waals surface area (Å²) in [5, 5.41) is 0. The Morgan fingerprint density at radius 1 is 1.00 bits per heavy atom. The zero-order valence-electron chi connectivity index (χ0n) is 16.5. The minimum absolute atomic E-state index is 0.0211. The molecule has 1 saturated heterocycles. The molecule has 2 N–H and O–H groups in total. The molecule has 0 saturated carbocycles. The Hall–Kier alpha value is -2.40. The molecule has 2 aromatic carbocycles. The summed E-state index contributed by atoms with van der Waals surface area (Å²) in [5.41, 5.74) is 6.30. The number of nitrogens with one attached hydrogen (secondary N) is 2. The van der Waals surface area contributed by atoms with Crippen LogP contribution in [-0.4, -0.2) is 57.1 Å². The largest absolute Gasteiger partial charge is 0.379 e. The third-order valence-electron chi connectivity index (χ3n) is 4.52. The molecule has 10 heteroatoms. The van der Waals surface area contributed by atoms with Crippen LogP contribution in [0, 0.1) is 0 Å². The molecular weight excluding hydrogens is 426 g/mol. The Morgan fingerprint density at radius 3 is 2.27 bits per heavy atom. The molecule has 160 valence electrons. The average molecular weight is 450 g/mol. The minimum Gasteiger partial charge on any atom is -0.379 e. The molecule has 0 atom stereocenters. The van der Waals surface area contributed by atoms with Crippen LogP contribution in [0.25, 0.3) is 0 Å². The van der Waals surface area contributed by atoms with E-state index in [0.717, 1.165) is 11.3 Å². The van der Waals surface area contributed by atoms with E-state index in [2.05, 4.69) is 10.9 Å². The second-order valence-corrected chi connectivity index (χ2v) is 9.39. The molecule has 3 rings (SSSR count). The molecule has 0 unspecified atom stereocenters. The molecule has 2 amide bonds. The zero-order chi connectivity index (χ0) is 21.6. The number of morpholine rings is 1. The van der Waals surface area contributed by atoms with E-state index in [1.54, 1.807) is 23.9 Å². The zero-order valence-corrected chi connectivity index (χ0v) is 18.1. The first kappa shape index (κ1) is 22.3. The van der Waals surface area contributed by atoms with Crippen LogP contribution in [0.5, 0.6) is 0 Å². The van der Waals surface area contributed by atoms with Gasteiger partial charge in [0.1, 0.15) is 0 Å². The van der Waals surface area contributed by atoms with Gasteiger partial charge in [0.05, 0.1) is 18.1 Å². The van der Waals surface area contributed by atoms with Crippen LogP contribution >= 0.6 is 11.8 Å². The van der Waals surface area contributed by atoms with Crippen LogP contribution in [0.1, 0.15) is 26.3 Å². The van der Waals surface area contributed by atoms with E-state index in [1.807, 2.05) is 18.4 Å². The third kappa shape index (κ3) is 5.39. The van der Waals surface area contributed by atoms with Gasteiger partial charge >= 0.3 is 0 Å². The van der Waals surface area contributed by atoms with Gasteiger partial charge in [-0.1, -0.05) is 18.2 Å². The van der Waals surface area contributed by atoms with Crippen LogP contribution in [0.4, 0.5) is 0 Å². The number of hydrogen-bond donors (Lipinski definition) is 2. The molecule has 0 aliphatic carbocycles. The van der Waals surface area contributed by atoms with Crippen molar-refractivity contribution in [2.75, 3.05) is 32.6 Å². The second-order valence-electron chi connectivity index (χ2n) is 6.58. The van der Waals surface area contributed by atoms with Crippen molar-refractivity contribution >= 4 is 33.6 Å². The van der Waals surface area contributed by atoms with E-state index in [1.165, 1.54) is 28.6 Å². The Bertz CT molecular complexity index is 1000. The van der Waals surface area contributed by atoms with Gasteiger partial charge in [-0.05, 0) is 42.2 Å². The molecule has 1 fully saturated rings. The smallest absolute Gasteiger partial charge is 0.269 e. The Kier molecular flexibility index (Phi) is 7.48. The molecule has 1 heterocycles. The van der Waals surface area contributed by atoms with Gasteiger partial charge in [-0.15, -0.1) is 0 Å². The van der Waals surface area contributed by atoms with Crippen LogP contribution in [0.2, 0.25) is 0 Å². The van der Waals surface area contributed by atoms with Gasteiger partial charge in [-0.3, -0.25) is 20.4 Å². The summed E-state index contributed by atoms with van der Waals surface area (Å²) in [4.78, 5) is 24.7. The summed E-state index contributed by atoms with van der Waals surface area (Å²) in [6, 6.07) is 12.8. The van der Waals surface area contributed by atoms with Crippen molar-refractivity contribution in [3.63, 3.8) is 0 Å². The topological polar surface area (TPSA) is 105 Å². The molecule has 1 aliphatic heterocycles. The predicted octanol–water partition coefficient (Wildman–Crippen LogP) is 1.65. The number of nitrogens with zero attached hydrogens (tertiary/aromatic N) is 1. The highest BCUT2D eigenvalue weighted by Crippen LogP contribution is 2.18. The third-order valence-corrected chi connectivity index (χ3v) is 7.04. The maximum Gasteiger partial charge on any atom is 0.269 e. The number of carbonyl (C=O) groups is 2. The van der Waals surface area contributed by atoms with Crippen molar-refractivity contribution in [3.05, 3.63) is 65.2 Å². The normalized spacial score (nSPS) is 14.8. The number of hydrogen-bond acceptors (Lipinski definition) is 6. The highest BCUT2D eigenvalue weighted by molar-refractivity contribution is 7.97. The molecule has 0 aromatic heterocycles. The van der Waals surface area contributed by atoms with Crippen LogP contribution in [0.15, 0.2) is 53.4 Å². The fourth-order valence-corrected chi connectivity index (χ4v) is 4.89. The number of rotatable bonds is 6. The van der Waals surface area contributed by atoms with Gasteiger partial charge in [-0.2, -0.15) is 16.1 Å². The molecule has 2 aromatic rings. The fraction of sp³-hybridized carbons (Fsp3) is 0.300. The molecule has 0 bridgehead atoms. The van der Waals surface area contributed by atoms with Crippen LogP contribution in [0.3, 0.4) is 0 Å². The molecule has 1 aliphatic rings. The fourth-order valence-electron chi connectivity index (χ4n) is 2.91. The van der Waals surface area contributed by atoms with Crippen molar-refractivity contribution in [3.8, 4) is 0 Å². The summed E-state index contributed by atoms with van der Waals surface area (Å²) in [6.07, 6.45) is 2.00. The van der Waals surface area contributed by atoms with Gasteiger partial charge in [0.15, 0.2) is 0 Å². The predicted molar refractivity (Wildman–Crippen MR) is 115 cm³/mol. The first-order valence-electron chi connectivity index (χ1n) is 9.28. The summed E-state index contributed by atoms with van der Waals surface area (Å²) < 4.78 is 32.0. The van der Waals surface area contributed by atoms with Gasteiger partial charge in [-0.25, -0.2) is 8.42 Å². The van der Waals surface area contributed by atoms with E-state index >= 15 is 0 Å². The Morgan fingerprint density at radius 2 is 1.63 bits per heavy atom. The standard InChI is InChI=1S/C20H23N3O5S2/c1-29-14-15-5-7-16(8-6-15)19(24)21-22-20(25)17-3-2-4-18(13-17)30(26,27)23-9-11-28-12-10-23/h2-8,13H,9-12,14H2,1H3,(H,21,24)(H,22,25). The first-order valence-corrected chi connectivity index (χ1v) is 12.1. The monoisotopic (exact) mass is 449 g/mol. The van der Waals surface area contributed by atoms with Crippen molar-refractivity contribution in [2.45, 2.75) is 10.6 Å². The minimum atomic E-state index is -3.72. The lowest BCUT2D eigenvalue weighted by atomic mass is 10.1. The number of carbonyl (C=O) groups excluding carboxylic acids is 2. The summed E-state index contributed by atoms with van der Waals surface area (Å²) >= 11 is 1.68. The Balaban J connectivity index is 1.64. The number of benzene rings is 2. The number of thioether (sulfide) groups is 1. The average Bonchev–Trinajstić information content (AvgIpc) is 2.78. The number of amides is 2. The van der Waals surface area contributed by atoms with Gasteiger partial charge in [0.2, 0.25) is 10.0 Å². The quantitative estimate of drug-likeness (QED) is 0.650. The van der Waals surface area contributed by atoms with E-state index in [4.69, 9.17) is 4.74 Å². The highest BCUT2D eigenvalue weighted by Gasteiger charge is 2.26. The van der Waals surface area contributed by atoms with Crippen molar-refractivity contribution in [2.24, 2.45) is 0 Å². The molecule has 8 nitrogen and oxygen atoms in total. The summed E-state index contributed by atoms with van der Waals surface area (Å²) in [5.74, 6) is -0.222. The van der Waals surface area contributed by atoms with E-state index in [0.29, 0.717) is 18.8 Å². The summed E-state index contributed by atoms with van der Waals surface area (Å²) in [7, 11) is -3.72. The van der Waals surface area contributed by atoms with E-state index < -0.39 is 21.8 Å². The lowest BCUT2D eigenvalue weighted by Gasteiger charge is -2.26.